The zero-order valence-corrected chi connectivity index (χ0v) is 11.4. The molecule has 1 aromatic carbocycles. The Balaban J connectivity index is 2.06. The second kappa shape index (κ2) is 5.35. The molecule has 0 radical (unpaired) electrons. The molecular weight excluding hydrogens is 250 g/mol. The Bertz CT molecular complexity index is 720. The summed E-state index contributed by atoms with van der Waals surface area (Å²) >= 11 is 0. The molecule has 0 fully saturated rings. The maximum atomic E-state index is 6.42. The lowest BCUT2D eigenvalue weighted by molar-refractivity contribution is 0.335. The number of para-hydroxylation sites is 1. The third kappa shape index (κ3) is 2.14. The van der Waals surface area contributed by atoms with Gasteiger partial charge < -0.3 is 10.5 Å². The quantitative estimate of drug-likeness (QED) is 0.790. The number of pyridine rings is 1. The molecule has 0 aliphatic carbocycles. The molecule has 2 aromatic heterocycles. The second-order valence-electron chi connectivity index (χ2n) is 4.58. The fourth-order valence-corrected chi connectivity index (χ4v) is 2.39. The van der Waals surface area contributed by atoms with E-state index in [4.69, 9.17) is 10.5 Å². The van der Waals surface area contributed by atoms with Crippen molar-refractivity contribution in [1.29, 1.82) is 0 Å². The van der Waals surface area contributed by atoms with E-state index in [-0.39, 0.29) is 6.04 Å². The number of hydrogen-bond acceptors (Lipinski definition) is 3. The molecule has 0 bridgehead atoms. The number of benzene rings is 1. The molecule has 4 nitrogen and oxygen atoms in total. The highest BCUT2D eigenvalue weighted by atomic mass is 16.5. The summed E-state index contributed by atoms with van der Waals surface area (Å²) in [6, 6.07) is 13.6. The number of aromatic nitrogens is 2. The summed E-state index contributed by atoms with van der Waals surface area (Å²) in [5.74, 6) is 0.831. The van der Waals surface area contributed by atoms with Crippen LogP contribution < -0.4 is 10.5 Å². The van der Waals surface area contributed by atoms with Crippen LogP contribution in [0.15, 0.2) is 54.9 Å². The molecule has 0 spiro atoms. The third-order valence-electron chi connectivity index (χ3n) is 3.35. The van der Waals surface area contributed by atoms with Crippen LogP contribution in [0.2, 0.25) is 0 Å². The van der Waals surface area contributed by atoms with Crippen molar-refractivity contribution in [2.24, 2.45) is 5.73 Å². The summed E-state index contributed by atoms with van der Waals surface area (Å²) in [7, 11) is 0. The Morgan fingerprint density at radius 2 is 1.95 bits per heavy atom. The van der Waals surface area contributed by atoms with Gasteiger partial charge in [-0.2, -0.15) is 5.10 Å². The second-order valence-corrected chi connectivity index (χ2v) is 4.58. The highest BCUT2D eigenvalue weighted by Crippen LogP contribution is 2.30. The summed E-state index contributed by atoms with van der Waals surface area (Å²) in [6.45, 7) is 2.59. The fraction of sp³-hybridized carbons (Fsp3) is 0.188. The minimum Gasteiger partial charge on any atom is -0.494 e. The Morgan fingerprint density at radius 1 is 1.15 bits per heavy atom. The summed E-state index contributed by atoms with van der Waals surface area (Å²) in [4.78, 5) is 0. The van der Waals surface area contributed by atoms with Gasteiger partial charge in [0, 0.05) is 17.3 Å². The van der Waals surface area contributed by atoms with Gasteiger partial charge in [-0.05, 0) is 25.1 Å². The first kappa shape index (κ1) is 12.7. The van der Waals surface area contributed by atoms with Gasteiger partial charge in [0.05, 0.1) is 24.4 Å². The van der Waals surface area contributed by atoms with E-state index < -0.39 is 0 Å². The van der Waals surface area contributed by atoms with Crippen molar-refractivity contribution in [3.05, 3.63) is 66.0 Å². The Morgan fingerprint density at radius 3 is 2.80 bits per heavy atom. The molecule has 0 aliphatic rings. The lowest BCUT2D eigenvalue weighted by Crippen LogP contribution is -2.13. The summed E-state index contributed by atoms with van der Waals surface area (Å²) in [5.41, 5.74) is 9.42. The molecular formula is C16H17N3O. The number of nitrogens with two attached hydrogens (primary N) is 1. The average Bonchev–Trinajstić information content (AvgIpc) is 2.91. The SMILES string of the molecule is CCOc1ccccc1C(N)c1cnn2ccccc12. The molecule has 4 heteroatoms. The topological polar surface area (TPSA) is 52.5 Å². The van der Waals surface area contributed by atoms with E-state index in [1.807, 2.05) is 66.3 Å². The van der Waals surface area contributed by atoms with E-state index in [0.717, 1.165) is 22.4 Å². The molecule has 3 aromatic rings. The predicted octanol–water partition coefficient (Wildman–Crippen LogP) is 2.78. The lowest BCUT2D eigenvalue weighted by atomic mass is 10.00. The number of fused-ring (bicyclic) bond motifs is 1. The van der Waals surface area contributed by atoms with Gasteiger partial charge in [0.15, 0.2) is 0 Å². The van der Waals surface area contributed by atoms with Gasteiger partial charge in [0.1, 0.15) is 5.75 Å². The van der Waals surface area contributed by atoms with Crippen molar-refractivity contribution in [2.45, 2.75) is 13.0 Å². The third-order valence-corrected chi connectivity index (χ3v) is 3.35. The number of nitrogens with zero attached hydrogens (tertiary/aromatic N) is 2. The van der Waals surface area contributed by atoms with Gasteiger partial charge in [-0.15, -0.1) is 0 Å². The van der Waals surface area contributed by atoms with Crippen LogP contribution in [0, 0.1) is 0 Å². The normalized spacial score (nSPS) is 12.5. The summed E-state index contributed by atoms with van der Waals surface area (Å²) in [6.07, 6.45) is 3.74. The Kier molecular flexibility index (Phi) is 3.39. The van der Waals surface area contributed by atoms with E-state index in [2.05, 4.69) is 5.10 Å². The Hall–Kier alpha value is -2.33. The van der Waals surface area contributed by atoms with E-state index in [1.54, 1.807) is 0 Å². The molecule has 20 heavy (non-hydrogen) atoms. The number of rotatable bonds is 4. The molecule has 3 rings (SSSR count). The molecule has 1 unspecified atom stereocenters. The minimum atomic E-state index is -0.252. The van der Waals surface area contributed by atoms with Crippen LogP contribution in [-0.4, -0.2) is 16.2 Å². The fourth-order valence-electron chi connectivity index (χ4n) is 2.39. The first-order chi connectivity index (χ1) is 9.81. The van der Waals surface area contributed by atoms with Gasteiger partial charge in [0.2, 0.25) is 0 Å². The minimum absolute atomic E-state index is 0.252. The van der Waals surface area contributed by atoms with E-state index in [0.29, 0.717) is 6.61 Å². The van der Waals surface area contributed by atoms with Crippen molar-refractivity contribution >= 4 is 5.52 Å². The molecule has 0 amide bonds. The van der Waals surface area contributed by atoms with Gasteiger partial charge >= 0.3 is 0 Å². The summed E-state index contributed by atoms with van der Waals surface area (Å²) < 4.78 is 7.49. The number of ether oxygens (including phenoxy) is 1. The first-order valence-electron chi connectivity index (χ1n) is 6.71. The zero-order valence-electron chi connectivity index (χ0n) is 11.4. The Labute approximate surface area is 117 Å². The predicted molar refractivity (Wildman–Crippen MR) is 78.8 cm³/mol. The van der Waals surface area contributed by atoms with Crippen LogP contribution in [0.1, 0.15) is 24.1 Å². The van der Waals surface area contributed by atoms with Crippen LogP contribution in [-0.2, 0) is 0 Å². The van der Waals surface area contributed by atoms with E-state index in [1.165, 1.54) is 0 Å². The maximum Gasteiger partial charge on any atom is 0.124 e. The van der Waals surface area contributed by atoms with Gasteiger partial charge in [-0.3, -0.25) is 0 Å². The van der Waals surface area contributed by atoms with Gasteiger partial charge in [-0.1, -0.05) is 24.3 Å². The van der Waals surface area contributed by atoms with Crippen LogP contribution in [0.4, 0.5) is 0 Å². The van der Waals surface area contributed by atoms with Crippen molar-refractivity contribution in [3.8, 4) is 5.75 Å². The zero-order chi connectivity index (χ0) is 13.9. The van der Waals surface area contributed by atoms with Crippen LogP contribution in [0.25, 0.3) is 5.52 Å². The summed E-state index contributed by atoms with van der Waals surface area (Å²) in [5, 5.41) is 4.34. The molecule has 2 heterocycles. The standard InChI is InChI=1S/C16H17N3O/c1-2-20-15-9-4-3-7-12(15)16(17)13-11-18-19-10-6-5-8-14(13)19/h3-11,16H,2,17H2,1H3. The van der Waals surface area contributed by atoms with Crippen molar-refractivity contribution in [2.75, 3.05) is 6.61 Å². The molecule has 0 aliphatic heterocycles. The molecule has 1 atom stereocenters. The smallest absolute Gasteiger partial charge is 0.124 e. The van der Waals surface area contributed by atoms with Crippen LogP contribution in [0.3, 0.4) is 0 Å². The maximum absolute atomic E-state index is 6.42. The monoisotopic (exact) mass is 267 g/mol. The largest absolute Gasteiger partial charge is 0.494 e. The van der Waals surface area contributed by atoms with Crippen molar-refractivity contribution in [1.82, 2.24) is 9.61 Å². The molecule has 2 N–H and O–H groups in total. The first-order valence-corrected chi connectivity index (χ1v) is 6.71. The highest BCUT2D eigenvalue weighted by molar-refractivity contribution is 5.58. The van der Waals surface area contributed by atoms with Crippen molar-refractivity contribution in [3.63, 3.8) is 0 Å². The average molecular weight is 267 g/mol. The van der Waals surface area contributed by atoms with Crippen molar-refractivity contribution < 1.29 is 4.74 Å². The highest BCUT2D eigenvalue weighted by Gasteiger charge is 2.17. The van der Waals surface area contributed by atoms with Gasteiger partial charge in [0.25, 0.3) is 0 Å². The molecule has 102 valence electrons. The molecule has 0 saturated carbocycles. The molecule has 0 saturated heterocycles. The number of hydrogen-bond donors (Lipinski definition) is 1. The van der Waals surface area contributed by atoms with Crippen LogP contribution in [0.5, 0.6) is 5.75 Å². The van der Waals surface area contributed by atoms with E-state index >= 15 is 0 Å². The lowest BCUT2D eigenvalue weighted by Gasteiger charge is -2.15. The van der Waals surface area contributed by atoms with Crippen LogP contribution >= 0.6 is 0 Å². The van der Waals surface area contributed by atoms with Gasteiger partial charge in [-0.25, -0.2) is 4.52 Å². The van der Waals surface area contributed by atoms with E-state index in [9.17, 15) is 0 Å².